The maximum Gasteiger partial charge on any atom is 0.303 e. The quantitative estimate of drug-likeness (QED) is 0.258. The van der Waals surface area contributed by atoms with Gasteiger partial charge in [0.1, 0.15) is 6.61 Å². The van der Waals surface area contributed by atoms with Gasteiger partial charge in [0, 0.05) is 26.1 Å². The van der Waals surface area contributed by atoms with Crippen LogP contribution in [0.15, 0.2) is 4.99 Å². The molecule has 0 unspecified atom stereocenters. The van der Waals surface area contributed by atoms with Gasteiger partial charge in [-0.15, -0.1) is 12.4 Å². The van der Waals surface area contributed by atoms with Gasteiger partial charge in [0.2, 0.25) is 0 Å². The van der Waals surface area contributed by atoms with Gasteiger partial charge in [-0.2, -0.15) is 0 Å². The van der Waals surface area contributed by atoms with Gasteiger partial charge in [0.15, 0.2) is 5.90 Å². The lowest BCUT2D eigenvalue weighted by Crippen LogP contribution is -2.08. The van der Waals surface area contributed by atoms with Crippen LogP contribution in [0.25, 0.3) is 0 Å². The van der Waals surface area contributed by atoms with Gasteiger partial charge in [-0.1, -0.05) is 0 Å². The monoisotopic (exact) mass is 445 g/mol. The molecule has 0 amide bonds. The minimum Gasteiger partial charge on any atom is -0.481 e. The highest BCUT2D eigenvalue weighted by Crippen LogP contribution is 2.01. The minimum atomic E-state index is -0.805. The number of carboxylic acids is 1. The molecule has 3 N–H and O–H groups in total. The molecule has 1 aliphatic rings. The van der Waals surface area contributed by atoms with E-state index in [1.807, 2.05) is 0 Å². The van der Waals surface area contributed by atoms with Gasteiger partial charge in [0.05, 0.1) is 59.4 Å². The topological polar surface area (TPSA) is 136 Å². The van der Waals surface area contributed by atoms with Crippen LogP contribution in [0, 0.1) is 0 Å². The standard InChI is InChI=1S/C10H19NO4.C8H16O5.ClH/c12-4-7-14-9-8-13-5-1-2-10-11-3-6-15-10;9-3-5-13-7-6-12-4-1-2-8(10)11;/h12H,1-9H2;9H,1-7H2,(H,10,11);1H. The second-order valence-electron chi connectivity index (χ2n) is 5.62. The molecule has 1 rings (SSSR count). The van der Waals surface area contributed by atoms with Crippen molar-refractivity contribution in [1.82, 2.24) is 0 Å². The van der Waals surface area contributed by atoms with E-state index in [-0.39, 0.29) is 32.0 Å². The van der Waals surface area contributed by atoms with Gasteiger partial charge in [-0.05, 0) is 12.8 Å². The van der Waals surface area contributed by atoms with Crippen molar-refractivity contribution in [2.75, 3.05) is 79.2 Å². The zero-order chi connectivity index (χ0) is 20.7. The predicted molar refractivity (Wildman–Crippen MR) is 109 cm³/mol. The lowest BCUT2D eigenvalue weighted by molar-refractivity contribution is -0.137. The summed E-state index contributed by atoms with van der Waals surface area (Å²) in [5.41, 5.74) is 0. The number of ether oxygens (including phenoxy) is 5. The molecule has 0 fully saturated rings. The normalized spacial score (nSPS) is 12.4. The highest BCUT2D eigenvalue weighted by molar-refractivity contribution is 5.85. The van der Waals surface area contributed by atoms with Gasteiger partial charge in [-0.25, -0.2) is 0 Å². The largest absolute Gasteiger partial charge is 0.481 e. The number of halogens is 1. The van der Waals surface area contributed by atoms with Crippen LogP contribution in [-0.2, 0) is 28.5 Å². The number of hydrogen-bond donors (Lipinski definition) is 3. The Balaban J connectivity index is 0. The first-order valence-electron chi connectivity index (χ1n) is 9.61. The second kappa shape index (κ2) is 25.0. The van der Waals surface area contributed by atoms with Crippen LogP contribution in [0.3, 0.4) is 0 Å². The molecule has 1 aliphatic heterocycles. The highest BCUT2D eigenvalue weighted by Gasteiger charge is 2.05. The minimum absolute atomic E-state index is 0. The third kappa shape index (κ3) is 25.0. The first-order chi connectivity index (χ1) is 13.7. The van der Waals surface area contributed by atoms with Gasteiger partial charge in [-0.3, -0.25) is 9.79 Å². The summed E-state index contributed by atoms with van der Waals surface area (Å²) in [6.45, 7) is 5.44. The van der Waals surface area contributed by atoms with E-state index >= 15 is 0 Å². The second-order valence-corrected chi connectivity index (χ2v) is 5.62. The number of aliphatic imine (C=N–C) groups is 1. The molecule has 174 valence electrons. The Kier molecular flexibility index (Phi) is 26.1. The fraction of sp³-hybridized carbons (Fsp3) is 0.889. The number of carbonyl (C=O) groups is 1. The molecular formula is C18H36ClNO9. The molecule has 1 heterocycles. The number of aliphatic carboxylic acids is 1. The molecule has 0 aliphatic carbocycles. The molecule has 0 bridgehead atoms. The van der Waals surface area contributed by atoms with Crippen LogP contribution in [-0.4, -0.2) is 106 Å². The Bertz CT molecular complexity index is 386. The van der Waals surface area contributed by atoms with Crippen molar-refractivity contribution in [1.29, 1.82) is 0 Å². The number of nitrogens with zero attached hydrogens (tertiary/aromatic N) is 1. The Morgan fingerprint density at radius 2 is 1.38 bits per heavy atom. The molecule has 29 heavy (non-hydrogen) atoms. The summed E-state index contributed by atoms with van der Waals surface area (Å²) >= 11 is 0. The van der Waals surface area contributed by atoms with E-state index in [9.17, 15) is 4.79 Å². The molecule has 11 heteroatoms. The summed E-state index contributed by atoms with van der Waals surface area (Å²) in [4.78, 5) is 14.2. The SMILES string of the molecule is Cl.O=C(O)CCCOCCOCCO.OCCOCCOCCCC1=NCCO1. The molecule has 0 atom stereocenters. The van der Waals surface area contributed by atoms with Crippen molar-refractivity contribution in [2.24, 2.45) is 4.99 Å². The summed E-state index contributed by atoms with van der Waals surface area (Å²) in [5, 5.41) is 25.1. The average Bonchev–Trinajstić information content (AvgIpc) is 3.20. The van der Waals surface area contributed by atoms with Crippen molar-refractivity contribution in [3.8, 4) is 0 Å². The lowest BCUT2D eigenvalue weighted by atomic mass is 10.3. The molecular weight excluding hydrogens is 410 g/mol. The van der Waals surface area contributed by atoms with E-state index in [2.05, 4.69) is 4.99 Å². The Morgan fingerprint density at radius 3 is 1.83 bits per heavy atom. The first-order valence-corrected chi connectivity index (χ1v) is 9.61. The fourth-order valence-electron chi connectivity index (χ4n) is 1.95. The maximum atomic E-state index is 10.1. The summed E-state index contributed by atoms with van der Waals surface area (Å²) in [6, 6.07) is 0. The van der Waals surface area contributed by atoms with Crippen molar-refractivity contribution in [3.63, 3.8) is 0 Å². The van der Waals surface area contributed by atoms with E-state index in [4.69, 9.17) is 39.0 Å². The van der Waals surface area contributed by atoms with Crippen molar-refractivity contribution in [2.45, 2.75) is 25.7 Å². The summed E-state index contributed by atoms with van der Waals surface area (Å²) in [5.74, 6) is 0.0512. The highest BCUT2D eigenvalue weighted by atomic mass is 35.5. The maximum absolute atomic E-state index is 10.1. The van der Waals surface area contributed by atoms with Crippen molar-refractivity contribution < 1.29 is 43.8 Å². The zero-order valence-electron chi connectivity index (χ0n) is 17.0. The molecule has 0 saturated heterocycles. The molecule has 0 spiro atoms. The van der Waals surface area contributed by atoms with Crippen LogP contribution < -0.4 is 0 Å². The first kappa shape index (κ1) is 30.2. The summed E-state index contributed by atoms with van der Waals surface area (Å²) in [6.07, 6.45) is 2.45. The zero-order valence-corrected chi connectivity index (χ0v) is 17.8. The van der Waals surface area contributed by atoms with Crippen LogP contribution in [0.1, 0.15) is 25.7 Å². The average molecular weight is 446 g/mol. The van der Waals surface area contributed by atoms with Crippen LogP contribution in [0.4, 0.5) is 0 Å². The molecule has 0 aromatic rings. The number of rotatable bonds is 18. The molecule has 0 aromatic carbocycles. The number of aliphatic hydroxyl groups excluding tert-OH is 2. The molecule has 0 radical (unpaired) electrons. The van der Waals surface area contributed by atoms with Crippen LogP contribution in [0.2, 0.25) is 0 Å². The third-order valence-electron chi connectivity index (χ3n) is 3.22. The number of carboxylic acid groups (broad SMARTS) is 1. The van der Waals surface area contributed by atoms with Crippen molar-refractivity contribution >= 4 is 24.3 Å². The predicted octanol–water partition coefficient (Wildman–Crippen LogP) is 0.519. The fourth-order valence-corrected chi connectivity index (χ4v) is 1.95. The molecule has 0 saturated carbocycles. The van der Waals surface area contributed by atoms with E-state index in [1.165, 1.54) is 0 Å². The van der Waals surface area contributed by atoms with Crippen LogP contribution in [0.5, 0.6) is 0 Å². The summed E-state index contributed by atoms with van der Waals surface area (Å²) in [7, 11) is 0. The van der Waals surface area contributed by atoms with E-state index in [0.29, 0.717) is 59.3 Å². The Labute approximate surface area is 178 Å². The van der Waals surface area contributed by atoms with E-state index in [0.717, 1.165) is 31.9 Å². The third-order valence-corrected chi connectivity index (χ3v) is 3.22. The van der Waals surface area contributed by atoms with E-state index in [1.54, 1.807) is 0 Å². The Morgan fingerprint density at radius 1 is 0.862 bits per heavy atom. The number of hydrogen-bond acceptors (Lipinski definition) is 9. The van der Waals surface area contributed by atoms with Gasteiger partial charge < -0.3 is 39.0 Å². The molecule has 0 aromatic heterocycles. The van der Waals surface area contributed by atoms with Crippen molar-refractivity contribution in [3.05, 3.63) is 0 Å². The molecule has 10 nitrogen and oxygen atoms in total. The lowest BCUT2D eigenvalue weighted by Gasteiger charge is -2.04. The van der Waals surface area contributed by atoms with Crippen LogP contribution >= 0.6 is 12.4 Å². The Hall–Kier alpha value is -1.01. The summed E-state index contributed by atoms with van der Waals surface area (Å²) < 4.78 is 25.6. The number of aliphatic hydroxyl groups is 2. The smallest absolute Gasteiger partial charge is 0.303 e. The van der Waals surface area contributed by atoms with Gasteiger partial charge >= 0.3 is 5.97 Å². The van der Waals surface area contributed by atoms with Gasteiger partial charge in [0.25, 0.3) is 0 Å². The van der Waals surface area contributed by atoms with E-state index < -0.39 is 5.97 Å².